The fourth-order valence-corrected chi connectivity index (χ4v) is 3.29. The van der Waals surface area contributed by atoms with Crippen molar-refractivity contribution in [3.05, 3.63) is 41.7 Å². The number of benzene rings is 1. The Morgan fingerprint density at radius 2 is 2.07 bits per heavy atom. The van der Waals surface area contributed by atoms with Gasteiger partial charge in [0.15, 0.2) is 5.69 Å². The Labute approximate surface area is 156 Å². The smallest absolute Gasteiger partial charge is 0.278 e. The second kappa shape index (κ2) is 6.86. The first kappa shape index (κ1) is 17.3. The van der Waals surface area contributed by atoms with Crippen molar-refractivity contribution >= 4 is 28.8 Å². The van der Waals surface area contributed by atoms with E-state index in [1.807, 2.05) is 28.8 Å². The molecule has 0 saturated heterocycles. The molecule has 1 aliphatic heterocycles. The lowest BCUT2D eigenvalue weighted by Gasteiger charge is -2.22. The third-order valence-corrected chi connectivity index (χ3v) is 4.84. The molecule has 0 saturated carbocycles. The summed E-state index contributed by atoms with van der Waals surface area (Å²) in [6.45, 7) is 4.07. The summed E-state index contributed by atoms with van der Waals surface area (Å²) in [6.07, 6.45) is 2.03. The van der Waals surface area contributed by atoms with E-state index < -0.39 is 0 Å². The van der Waals surface area contributed by atoms with Crippen LogP contribution in [0, 0.1) is 0 Å². The summed E-state index contributed by atoms with van der Waals surface area (Å²) in [6, 6.07) is 9.36. The van der Waals surface area contributed by atoms with Gasteiger partial charge in [-0.05, 0) is 18.6 Å². The fourth-order valence-electron chi connectivity index (χ4n) is 3.29. The van der Waals surface area contributed by atoms with Gasteiger partial charge in [-0.1, -0.05) is 25.5 Å². The summed E-state index contributed by atoms with van der Waals surface area (Å²) in [5.41, 5.74) is 2.49. The minimum absolute atomic E-state index is 0.122. The average molecular weight is 366 g/mol. The number of unbranched alkanes of at least 4 members (excludes halogenated alkanes) is 1. The van der Waals surface area contributed by atoms with Crippen LogP contribution in [0.3, 0.4) is 0 Å². The molecule has 0 aliphatic carbocycles. The normalized spacial score (nSPS) is 13.9. The van der Waals surface area contributed by atoms with Gasteiger partial charge < -0.3 is 9.47 Å². The van der Waals surface area contributed by atoms with Gasteiger partial charge in [0.05, 0.1) is 17.6 Å². The Hall–Kier alpha value is -3.16. The van der Waals surface area contributed by atoms with Crippen LogP contribution in [0.1, 0.15) is 40.7 Å². The monoisotopic (exact) mass is 366 g/mol. The predicted molar refractivity (Wildman–Crippen MR) is 102 cm³/mol. The number of fused-ring (bicyclic) bond motifs is 2. The summed E-state index contributed by atoms with van der Waals surface area (Å²) >= 11 is 0. The van der Waals surface area contributed by atoms with E-state index in [0.717, 1.165) is 30.4 Å². The van der Waals surface area contributed by atoms with Gasteiger partial charge in [0.1, 0.15) is 5.69 Å². The molecule has 1 aliphatic rings. The highest BCUT2D eigenvalue weighted by molar-refractivity contribution is 6.04. The Balaban J connectivity index is 1.64. The number of hydrogen-bond donors (Lipinski definition) is 1. The van der Waals surface area contributed by atoms with Crippen molar-refractivity contribution in [1.29, 1.82) is 0 Å². The van der Waals surface area contributed by atoms with Crippen LogP contribution in [0.4, 0.5) is 5.95 Å². The van der Waals surface area contributed by atoms with Crippen molar-refractivity contribution in [2.75, 3.05) is 18.9 Å². The van der Waals surface area contributed by atoms with Crippen LogP contribution in [0.2, 0.25) is 0 Å². The number of imidazole rings is 1. The lowest BCUT2D eigenvalue weighted by atomic mass is 10.2. The largest absolute Gasteiger partial charge is 0.339 e. The predicted octanol–water partition coefficient (Wildman–Crippen LogP) is 2.37. The fraction of sp³-hybridized carbons (Fsp3) is 0.368. The number of aryl methyl sites for hydroxylation is 1. The molecule has 1 aromatic carbocycles. The zero-order valence-electron chi connectivity index (χ0n) is 15.5. The minimum atomic E-state index is -0.361. The molecule has 0 radical (unpaired) electrons. The first-order chi connectivity index (χ1) is 13.1. The van der Waals surface area contributed by atoms with Crippen molar-refractivity contribution in [3.63, 3.8) is 0 Å². The molecular weight excluding hydrogens is 344 g/mol. The van der Waals surface area contributed by atoms with Crippen LogP contribution in [0.5, 0.6) is 0 Å². The summed E-state index contributed by atoms with van der Waals surface area (Å²) in [7, 11) is 1.74. The Kier molecular flexibility index (Phi) is 4.39. The number of para-hydroxylation sites is 2. The Bertz CT molecular complexity index is 1020. The Morgan fingerprint density at radius 1 is 1.26 bits per heavy atom. The number of rotatable bonds is 5. The number of amides is 2. The molecule has 3 aromatic rings. The summed E-state index contributed by atoms with van der Waals surface area (Å²) in [5.74, 6) is 0.0208. The molecule has 0 fully saturated rings. The van der Waals surface area contributed by atoms with E-state index in [2.05, 4.69) is 22.3 Å². The van der Waals surface area contributed by atoms with Gasteiger partial charge in [-0.2, -0.15) is 5.10 Å². The highest BCUT2D eigenvalue weighted by Crippen LogP contribution is 2.21. The number of hydrogen-bond acceptors (Lipinski definition) is 4. The highest BCUT2D eigenvalue weighted by Gasteiger charge is 2.26. The molecule has 140 valence electrons. The molecule has 2 aromatic heterocycles. The molecule has 0 unspecified atom stereocenters. The SMILES string of the molecule is CCCCn1c(NC(=O)c2cc3n(n2)CCN(C)C3=O)nc2ccccc21. The first-order valence-electron chi connectivity index (χ1n) is 9.18. The lowest BCUT2D eigenvalue weighted by Crippen LogP contribution is -2.37. The molecule has 1 N–H and O–H groups in total. The molecule has 0 atom stereocenters. The van der Waals surface area contributed by atoms with Crippen LogP contribution in [0.15, 0.2) is 30.3 Å². The maximum absolute atomic E-state index is 12.8. The van der Waals surface area contributed by atoms with E-state index in [1.165, 1.54) is 0 Å². The van der Waals surface area contributed by atoms with Crippen LogP contribution in [-0.4, -0.2) is 49.6 Å². The molecule has 27 heavy (non-hydrogen) atoms. The average Bonchev–Trinajstić information content (AvgIpc) is 3.25. The molecule has 2 amide bonds. The van der Waals surface area contributed by atoms with E-state index in [-0.39, 0.29) is 17.5 Å². The van der Waals surface area contributed by atoms with E-state index in [9.17, 15) is 9.59 Å². The molecule has 8 heteroatoms. The lowest BCUT2D eigenvalue weighted by molar-refractivity contribution is 0.0742. The number of aromatic nitrogens is 4. The van der Waals surface area contributed by atoms with E-state index in [0.29, 0.717) is 24.7 Å². The molecule has 8 nitrogen and oxygen atoms in total. The zero-order valence-corrected chi connectivity index (χ0v) is 15.5. The maximum Gasteiger partial charge on any atom is 0.278 e. The van der Waals surface area contributed by atoms with E-state index in [4.69, 9.17) is 0 Å². The molecule has 0 spiro atoms. The van der Waals surface area contributed by atoms with Crippen LogP contribution >= 0.6 is 0 Å². The number of carbonyl (C=O) groups excluding carboxylic acids is 2. The van der Waals surface area contributed by atoms with Gasteiger partial charge >= 0.3 is 0 Å². The molecule has 3 heterocycles. The number of nitrogens with one attached hydrogen (secondary N) is 1. The molecule has 4 rings (SSSR count). The third-order valence-electron chi connectivity index (χ3n) is 4.84. The summed E-state index contributed by atoms with van der Waals surface area (Å²) in [5, 5.41) is 7.17. The van der Waals surface area contributed by atoms with Gasteiger partial charge in [0, 0.05) is 26.2 Å². The topological polar surface area (TPSA) is 85.0 Å². The number of likely N-dealkylation sites (N-methyl/N-ethyl adjacent to an activating group) is 1. The highest BCUT2D eigenvalue weighted by atomic mass is 16.2. The minimum Gasteiger partial charge on any atom is -0.339 e. The van der Waals surface area contributed by atoms with Crippen LogP contribution < -0.4 is 5.32 Å². The van der Waals surface area contributed by atoms with Crippen LogP contribution in [0.25, 0.3) is 11.0 Å². The van der Waals surface area contributed by atoms with Crippen molar-refractivity contribution in [2.24, 2.45) is 0 Å². The summed E-state index contributed by atoms with van der Waals surface area (Å²) in [4.78, 5) is 31.2. The van der Waals surface area contributed by atoms with Crippen LogP contribution in [-0.2, 0) is 13.1 Å². The van der Waals surface area contributed by atoms with Gasteiger partial charge in [0.25, 0.3) is 11.8 Å². The second-order valence-corrected chi connectivity index (χ2v) is 6.75. The van der Waals surface area contributed by atoms with E-state index >= 15 is 0 Å². The van der Waals surface area contributed by atoms with E-state index in [1.54, 1.807) is 22.7 Å². The van der Waals surface area contributed by atoms with Crippen molar-refractivity contribution < 1.29 is 9.59 Å². The van der Waals surface area contributed by atoms with Crippen molar-refractivity contribution in [2.45, 2.75) is 32.9 Å². The third kappa shape index (κ3) is 3.07. The number of nitrogens with zero attached hydrogens (tertiary/aromatic N) is 5. The zero-order chi connectivity index (χ0) is 19.0. The van der Waals surface area contributed by atoms with Gasteiger partial charge in [-0.25, -0.2) is 4.98 Å². The second-order valence-electron chi connectivity index (χ2n) is 6.75. The number of anilines is 1. The molecule has 0 bridgehead atoms. The van der Waals surface area contributed by atoms with Gasteiger partial charge in [-0.3, -0.25) is 19.6 Å². The number of carbonyl (C=O) groups is 2. The first-order valence-corrected chi connectivity index (χ1v) is 9.18. The van der Waals surface area contributed by atoms with Gasteiger partial charge in [-0.15, -0.1) is 0 Å². The molecular formula is C19H22N6O2. The summed E-state index contributed by atoms with van der Waals surface area (Å²) < 4.78 is 3.61. The van der Waals surface area contributed by atoms with Crippen molar-refractivity contribution in [1.82, 2.24) is 24.2 Å². The standard InChI is InChI=1S/C19H22N6O2/c1-3-4-9-24-15-8-6-5-7-13(15)20-19(24)21-17(26)14-12-16-18(27)23(2)10-11-25(16)22-14/h5-8,12H,3-4,9-11H2,1-2H3,(H,20,21,26). The Morgan fingerprint density at radius 3 is 2.89 bits per heavy atom. The quantitative estimate of drug-likeness (QED) is 0.751. The van der Waals surface area contributed by atoms with Gasteiger partial charge in [0.2, 0.25) is 5.95 Å². The van der Waals surface area contributed by atoms with Crippen molar-refractivity contribution in [3.8, 4) is 0 Å². The maximum atomic E-state index is 12.8.